The maximum atomic E-state index is 6.11. The van der Waals surface area contributed by atoms with Crippen molar-refractivity contribution in [3.63, 3.8) is 0 Å². The Labute approximate surface area is 150 Å². The van der Waals surface area contributed by atoms with Crippen LogP contribution in [0.5, 0.6) is 0 Å². The van der Waals surface area contributed by atoms with Crippen molar-refractivity contribution >= 4 is 23.2 Å². The van der Waals surface area contributed by atoms with E-state index < -0.39 is 0 Å². The Balaban J connectivity index is 1.74. The molecule has 5 nitrogen and oxygen atoms in total. The number of rotatable bonds is 4. The van der Waals surface area contributed by atoms with E-state index in [9.17, 15) is 0 Å². The molecule has 0 saturated carbocycles. The molecule has 0 amide bonds. The minimum atomic E-state index is 0.0529. The Morgan fingerprint density at radius 1 is 1.04 bits per heavy atom. The van der Waals surface area contributed by atoms with Crippen molar-refractivity contribution in [3.05, 3.63) is 77.6 Å². The molecule has 0 aliphatic carbocycles. The van der Waals surface area contributed by atoms with Crippen LogP contribution < -0.4 is 5.32 Å². The van der Waals surface area contributed by atoms with Crippen LogP contribution in [-0.4, -0.2) is 19.6 Å². The molecule has 4 aromatic rings. The molecule has 1 unspecified atom stereocenters. The van der Waals surface area contributed by atoms with Crippen molar-refractivity contribution in [2.45, 2.75) is 13.0 Å². The van der Waals surface area contributed by atoms with Crippen molar-refractivity contribution in [2.75, 3.05) is 5.32 Å². The Kier molecular flexibility index (Phi) is 4.07. The smallest absolute Gasteiger partial charge is 0.254 e. The van der Waals surface area contributed by atoms with Crippen LogP contribution in [0, 0.1) is 0 Å². The van der Waals surface area contributed by atoms with Gasteiger partial charge in [0.25, 0.3) is 5.78 Å². The molecule has 1 N–H and O–H groups in total. The summed E-state index contributed by atoms with van der Waals surface area (Å²) in [6.07, 6.45) is 1.51. The second-order valence-corrected chi connectivity index (χ2v) is 6.22. The molecular formula is C19H16ClN5. The molecule has 0 aliphatic heterocycles. The predicted molar refractivity (Wildman–Crippen MR) is 99.7 cm³/mol. The Hall–Kier alpha value is -2.92. The highest BCUT2D eigenvalue weighted by Crippen LogP contribution is 2.25. The predicted octanol–water partition coefficient (Wildman–Crippen LogP) is 4.62. The summed E-state index contributed by atoms with van der Waals surface area (Å²) in [6.45, 7) is 2.08. The van der Waals surface area contributed by atoms with Crippen molar-refractivity contribution < 1.29 is 0 Å². The van der Waals surface area contributed by atoms with Gasteiger partial charge in [-0.1, -0.05) is 54.1 Å². The molecule has 2 aromatic carbocycles. The standard InChI is InChI=1S/C19H16ClN5/c1-13(15-8-5-9-16(20)10-15)23-18-11-17(14-6-3-2-4-7-14)24-19-21-12-22-25(18)19/h2-13,23H,1H3. The molecule has 2 aromatic heterocycles. The van der Waals surface area contributed by atoms with Crippen molar-refractivity contribution in [1.82, 2.24) is 19.6 Å². The van der Waals surface area contributed by atoms with Crippen LogP contribution in [0.4, 0.5) is 5.82 Å². The second kappa shape index (κ2) is 6.53. The van der Waals surface area contributed by atoms with Gasteiger partial charge in [-0.25, -0.2) is 4.98 Å². The zero-order valence-corrected chi connectivity index (χ0v) is 14.4. The lowest BCUT2D eigenvalue weighted by atomic mass is 10.1. The van der Waals surface area contributed by atoms with Gasteiger partial charge in [0.1, 0.15) is 12.1 Å². The van der Waals surface area contributed by atoms with Crippen LogP contribution in [0.25, 0.3) is 17.0 Å². The third-order valence-electron chi connectivity index (χ3n) is 4.03. The Morgan fingerprint density at radius 2 is 1.88 bits per heavy atom. The van der Waals surface area contributed by atoms with E-state index in [1.807, 2.05) is 60.7 Å². The number of nitrogens with one attached hydrogen (secondary N) is 1. The fourth-order valence-corrected chi connectivity index (χ4v) is 2.95. The van der Waals surface area contributed by atoms with Gasteiger partial charge in [0, 0.05) is 22.7 Å². The van der Waals surface area contributed by atoms with E-state index in [-0.39, 0.29) is 6.04 Å². The summed E-state index contributed by atoms with van der Waals surface area (Å²) in [7, 11) is 0. The molecule has 0 spiro atoms. The summed E-state index contributed by atoms with van der Waals surface area (Å²) < 4.78 is 1.70. The van der Waals surface area contributed by atoms with Crippen LogP contribution in [0.3, 0.4) is 0 Å². The molecule has 124 valence electrons. The lowest BCUT2D eigenvalue weighted by Gasteiger charge is -2.17. The molecule has 0 aliphatic rings. The van der Waals surface area contributed by atoms with Crippen LogP contribution in [0.15, 0.2) is 67.0 Å². The fourth-order valence-electron chi connectivity index (χ4n) is 2.75. The number of anilines is 1. The lowest BCUT2D eigenvalue weighted by Crippen LogP contribution is -2.11. The van der Waals surface area contributed by atoms with Gasteiger partial charge in [-0.15, -0.1) is 0 Å². The van der Waals surface area contributed by atoms with E-state index in [0.29, 0.717) is 5.78 Å². The third kappa shape index (κ3) is 3.19. The molecule has 6 heteroatoms. The largest absolute Gasteiger partial charge is 0.363 e. The van der Waals surface area contributed by atoms with E-state index in [2.05, 4.69) is 27.3 Å². The van der Waals surface area contributed by atoms with Crippen molar-refractivity contribution in [2.24, 2.45) is 0 Å². The summed E-state index contributed by atoms with van der Waals surface area (Å²) in [5.41, 5.74) is 2.98. The molecule has 0 fully saturated rings. The van der Waals surface area contributed by atoms with Gasteiger partial charge in [0.05, 0.1) is 5.69 Å². The van der Waals surface area contributed by atoms with Crippen molar-refractivity contribution in [3.8, 4) is 11.3 Å². The van der Waals surface area contributed by atoms with Gasteiger partial charge >= 0.3 is 0 Å². The molecule has 2 heterocycles. The average Bonchev–Trinajstić information content (AvgIpc) is 3.11. The highest BCUT2D eigenvalue weighted by molar-refractivity contribution is 6.30. The van der Waals surface area contributed by atoms with E-state index >= 15 is 0 Å². The maximum absolute atomic E-state index is 6.11. The maximum Gasteiger partial charge on any atom is 0.254 e. The first-order valence-electron chi connectivity index (χ1n) is 7.99. The number of benzene rings is 2. The first-order chi connectivity index (χ1) is 12.2. The zero-order valence-electron chi connectivity index (χ0n) is 13.6. The van der Waals surface area contributed by atoms with Crippen LogP contribution in [-0.2, 0) is 0 Å². The highest BCUT2D eigenvalue weighted by Gasteiger charge is 2.12. The van der Waals surface area contributed by atoms with E-state index in [4.69, 9.17) is 11.6 Å². The van der Waals surface area contributed by atoms with E-state index in [1.54, 1.807) is 4.52 Å². The number of hydrogen-bond acceptors (Lipinski definition) is 4. The van der Waals surface area contributed by atoms with E-state index in [0.717, 1.165) is 27.7 Å². The SMILES string of the molecule is CC(Nc1cc(-c2ccccc2)nc2ncnn12)c1cccc(Cl)c1. The number of halogens is 1. The third-order valence-corrected chi connectivity index (χ3v) is 4.27. The quantitative estimate of drug-likeness (QED) is 0.584. The number of nitrogens with zero attached hydrogens (tertiary/aromatic N) is 4. The van der Waals surface area contributed by atoms with Gasteiger partial charge < -0.3 is 5.32 Å². The molecule has 1 atom stereocenters. The van der Waals surface area contributed by atoms with Gasteiger partial charge in [-0.05, 0) is 24.6 Å². The van der Waals surface area contributed by atoms with Crippen molar-refractivity contribution in [1.29, 1.82) is 0 Å². The first kappa shape index (κ1) is 15.6. The molecule has 0 bridgehead atoms. The number of aromatic nitrogens is 4. The number of hydrogen-bond donors (Lipinski definition) is 1. The van der Waals surface area contributed by atoms with Gasteiger partial charge in [-0.3, -0.25) is 0 Å². The minimum absolute atomic E-state index is 0.0529. The molecule has 0 radical (unpaired) electrons. The fraction of sp³-hybridized carbons (Fsp3) is 0.105. The zero-order chi connectivity index (χ0) is 17.2. The lowest BCUT2D eigenvalue weighted by molar-refractivity contribution is 0.841. The summed E-state index contributed by atoms with van der Waals surface area (Å²) in [6, 6.07) is 19.9. The summed E-state index contributed by atoms with van der Waals surface area (Å²) in [5, 5.41) is 8.48. The van der Waals surface area contributed by atoms with Gasteiger partial charge in [0.2, 0.25) is 0 Å². The second-order valence-electron chi connectivity index (χ2n) is 5.79. The molecular weight excluding hydrogens is 334 g/mol. The summed E-state index contributed by atoms with van der Waals surface area (Å²) in [5.74, 6) is 1.39. The van der Waals surface area contributed by atoms with E-state index in [1.165, 1.54) is 6.33 Å². The average molecular weight is 350 g/mol. The Morgan fingerprint density at radius 3 is 2.68 bits per heavy atom. The first-order valence-corrected chi connectivity index (χ1v) is 8.37. The monoisotopic (exact) mass is 349 g/mol. The highest BCUT2D eigenvalue weighted by atomic mass is 35.5. The van der Waals surface area contributed by atoms with Crippen LogP contribution in [0.1, 0.15) is 18.5 Å². The van der Waals surface area contributed by atoms with Crippen LogP contribution >= 0.6 is 11.6 Å². The summed E-state index contributed by atoms with van der Waals surface area (Å²) in [4.78, 5) is 8.83. The van der Waals surface area contributed by atoms with Gasteiger partial charge in [-0.2, -0.15) is 14.6 Å². The molecule has 25 heavy (non-hydrogen) atoms. The number of fused-ring (bicyclic) bond motifs is 1. The summed E-state index contributed by atoms with van der Waals surface area (Å²) >= 11 is 6.11. The normalized spacial score (nSPS) is 12.2. The van der Waals surface area contributed by atoms with Crippen LogP contribution in [0.2, 0.25) is 5.02 Å². The molecule has 4 rings (SSSR count). The molecule has 0 saturated heterocycles. The Bertz CT molecular complexity index is 1010. The van der Waals surface area contributed by atoms with Gasteiger partial charge in [0.15, 0.2) is 0 Å². The minimum Gasteiger partial charge on any atom is -0.363 e. The topological polar surface area (TPSA) is 55.1 Å².